The number of thioether (sulfide) groups is 1. The molecule has 7 heteroatoms. The maximum absolute atomic E-state index is 12.1. The molecule has 110 valence electrons. The first-order chi connectivity index (χ1) is 8.61. The lowest BCUT2D eigenvalue weighted by Gasteiger charge is -2.10. The first kappa shape index (κ1) is 18.7. The van der Waals surface area contributed by atoms with E-state index in [1.807, 2.05) is 18.4 Å². The fraction of sp³-hybridized carbons (Fsp3) is 0.500. The predicted octanol–water partition coefficient (Wildman–Crippen LogP) is 2.11. The molecule has 0 saturated carbocycles. The molecule has 2 N–H and O–H groups in total. The minimum absolute atomic E-state index is 0. The normalized spacial score (nSPS) is 11.1. The molecule has 0 amide bonds. The number of rotatable bonds is 8. The number of halogens is 1. The lowest BCUT2D eigenvalue weighted by molar-refractivity contribution is 0.573. The van der Waals surface area contributed by atoms with E-state index in [1.165, 1.54) is 11.8 Å². The van der Waals surface area contributed by atoms with Crippen molar-refractivity contribution in [3.05, 3.63) is 24.3 Å². The van der Waals surface area contributed by atoms with Crippen LogP contribution >= 0.6 is 24.2 Å². The Morgan fingerprint density at radius 1 is 1.16 bits per heavy atom. The van der Waals surface area contributed by atoms with Crippen LogP contribution in [0.3, 0.4) is 0 Å². The van der Waals surface area contributed by atoms with E-state index in [-0.39, 0.29) is 12.4 Å². The van der Waals surface area contributed by atoms with Gasteiger partial charge in [-0.15, -0.1) is 24.2 Å². The number of sulfonamides is 1. The third-order valence-corrected chi connectivity index (χ3v) is 4.82. The van der Waals surface area contributed by atoms with E-state index in [9.17, 15) is 8.42 Å². The summed E-state index contributed by atoms with van der Waals surface area (Å²) in [6.45, 7) is 4.04. The molecule has 0 aliphatic rings. The minimum Gasteiger partial charge on any atom is -0.315 e. The van der Waals surface area contributed by atoms with Crippen molar-refractivity contribution in [3.8, 4) is 0 Å². The van der Waals surface area contributed by atoms with Crippen LogP contribution in [0, 0.1) is 0 Å². The first-order valence-electron chi connectivity index (χ1n) is 5.95. The van der Waals surface area contributed by atoms with Crippen LogP contribution in [0.2, 0.25) is 0 Å². The van der Waals surface area contributed by atoms with Crippen molar-refractivity contribution in [2.45, 2.75) is 23.1 Å². The Morgan fingerprint density at radius 2 is 1.84 bits per heavy atom. The summed E-state index contributed by atoms with van der Waals surface area (Å²) in [5.41, 5.74) is 0. The van der Waals surface area contributed by atoms with Gasteiger partial charge in [-0.3, -0.25) is 0 Å². The lowest BCUT2D eigenvalue weighted by atomic mass is 10.4. The molecule has 0 radical (unpaired) electrons. The quantitative estimate of drug-likeness (QED) is 0.568. The van der Waals surface area contributed by atoms with Crippen molar-refractivity contribution in [2.24, 2.45) is 0 Å². The van der Waals surface area contributed by atoms with Gasteiger partial charge in [0.05, 0.1) is 4.90 Å². The molecule has 0 fully saturated rings. The number of hydrogen-bond donors (Lipinski definition) is 2. The summed E-state index contributed by atoms with van der Waals surface area (Å²) >= 11 is 1.43. The molecular formula is C12H21ClN2O2S2. The number of benzene rings is 1. The van der Waals surface area contributed by atoms with Crippen molar-refractivity contribution in [1.29, 1.82) is 0 Å². The Balaban J connectivity index is 0.00000324. The van der Waals surface area contributed by atoms with Crippen LogP contribution in [0.15, 0.2) is 34.1 Å². The topological polar surface area (TPSA) is 58.2 Å². The SMILES string of the molecule is CCCNCCNS(=O)(=O)c1ccccc1SC.Cl. The highest BCUT2D eigenvalue weighted by molar-refractivity contribution is 7.99. The highest BCUT2D eigenvalue weighted by atomic mass is 35.5. The van der Waals surface area contributed by atoms with Gasteiger partial charge in [0.25, 0.3) is 0 Å². The molecule has 0 unspecified atom stereocenters. The van der Waals surface area contributed by atoms with Gasteiger partial charge in [-0.1, -0.05) is 19.1 Å². The van der Waals surface area contributed by atoms with E-state index in [1.54, 1.807) is 12.1 Å². The summed E-state index contributed by atoms with van der Waals surface area (Å²) in [6.07, 6.45) is 2.92. The zero-order valence-corrected chi connectivity index (χ0v) is 13.6. The fourth-order valence-corrected chi connectivity index (χ4v) is 3.67. The Kier molecular flexibility index (Phi) is 9.47. The molecule has 0 heterocycles. The minimum atomic E-state index is -3.40. The van der Waals surface area contributed by atoms with Gasteiger partial charge in [-0.25, -0.2) is 13.1 Å². The average Bonchev–Trinajstić information content (AvgIpc) is 2.38. The summed E-state index contributed by atoms with van der Waals surface area (Å²) in [5.74, 6) is 0. The predicted molar refractivity (Wildman–Crippen MR) is 83.8 cm³/mol. The van der Waals surface area contributed by atoms with Crippen molar-refractivity contribution < 1.29 is 8.42 Å². The van der Waals surface area contributed by atoms with Crippen LogP contribution in [-0.4, -0.2) is 34.3 Å². The van der Waals surface area contributed by atoms with Gasteiger partial charge >= 0.3 is 0 Å². The largest absolute Gasteiger partial charge is 0.315 e. The van der Waals surface area contributed by atoms with Gasteiger partial charge in [-0.05, 0) is 31.4 Å². The van der Waals surface area contributed by atoms with Gasteiger partial charge in [0.1, 0.15) is 0 Å². The third kappa shape index (κ3) is 6.14. The maximum atomic E-state index is 12.1. The molecule has 19 heavy (non-hydrogen) atoms. The lowest BCUT2D eigenvalue weighted by Crippen LogP contribution is -2.32. The Morgan fingerprint density at radius 3 is 2.47 bits per heavy atom. The zero-order chi connectivity index (χ0) is 13.4. The first-order valence-corrected chi connectivity index (χ1v) is 8.66. The molecule has 0 aromatic heterocycles. The van der Waals surface area contributed by atoms with Gasteiger partial charge in [0, 0.05) is 18.0 Å². The molecule has 4 nitrogen and oxygen atoms in total. The van der Waals surface area contributed by atoms with Crippen LogP contribution < -0.4 is 10.0 Å². The van der Waals surface area contributed by atoms with Crippen LogP contribution in [-0.2, 0) is 10.0 Å². The van der Waals surface area contributed by atoms with Gasteiger partial charge < -0.3 is 5.32 Å². The van der Waals surface area contributed by atoms with Crippen LogP contribution in [0.4, 0.5) is 0 Å². The fourth-order valence-electron chi connectivity index (χ4n) is 1.49. The van der Waals surface area contributed by atoms with E-state index < -0.39 is 10.0 Å². The molecule has 1 rings (SSSR count). The van der Waals surface area contributed by atoms with Crippen LogP contribution in [0.25, 0.3) is 0 Å². The monoisotopic (exact) mass is 324 g/mol. The van der Waals surface area contributed by atoms with Crippen LogP contribution in [0.5, 0.6) is 0 Å². The molecule has 0 spiro atoms. The van der Waals surface area contributed by atoms with E-state index in [2.05, 4.69) is 17.0 Å². The average molecular weight is 325 g/mol. The van der Waals surface area contributed by atoms with Crippen molar-refractivity contribution in [1.82, 2.24) is 10.0 Å². The second kappa shape index (κ2) is 9.61. The second-order valence-corrected chi connectivity index (χ2v) is 6.38. The summed E-state index contributed by atoms with van der Waals surface area (Å²) in [5, 5.41) is 3.16. The highest BCUT2D eigenvalue weighted by Crippen LogP contribution is 2.23. The van der Waals surface area contributed by atoms with E-state index in [0.29, 0.717) is 18.0 Å². The van der Waals surface area contributed by atoms with E-state index in [4.69, 9.17) is 0 Å². The number of hydrogen-bond acceptors (Lipinski definition) is 4. The molecule has 0 atom stereocenters. The molecule has 1 aromatic carbocycles. The summed E-state index contributed by atoms with van der Waals surface area (Å²) in [4.78, 5) is 1.12. The molecule has 0 aliphatic carbocycles. The molecule has 0 bridgehead atoms. The second-order valence-electron chi connectivity index (χ2n) is 3.80. The number of nitrogens with one attached hydrogen (secondary N) is 2. The van der Waals surface area contributed by atoms with E-state index in [0.717, 1.165) is 17.9 Å². The van der Waals surface area contributed by atoms with Crippen molar-refractivity contribution in [2.75, 3.05) is 25.9 Å². The van der Waals surface area contributed by atoms with Gasteiger partial charge in [-0.2, -0.15) is 0 Å². The molecular weight excluding hydrogens is 304 g/mol. The van der Waals surface area contributed by atoms with Gasteiger partial charge in [0.2, 0.25) is 10.0 Å². The third-order valence-electron chi connectivity index (χ3n) is 2.38. The van der Waals surface area contributed by atoms with Gasteiger partial charge in [0.15, 0.2) is 0 Å². The Labute approximate surface area is 126 Å². The van der Waals surface area contributed by atoms with Crippen LogP contribution in [0.1, 0.15) is 13.3 Å². The Bertz CT molecular complexity index is 467. The molecule has 0 aliphatic heterocycles. The van der Waals surface area contributed by atoms with Crippen molar-refractivity contribution in [3.63, 3.8) is 0 Å². The summed E-state index contributed by atoms with van der Waals surface area (Å²) in [7, 11) is -3.40. The summed E-state index contributed by atoms with van der Waals surface area (Å²) in [6, 6.07) is 7.03. The maximum Gasteiger partial charge on any atom is 0.241 e. The highest BCUT2D eigenvalue weighted by Gasteiger charge is 2.16. The molecule has 1 aromatic rings. The Hall–Kier alpha value is -0.270. The summed E-state index contributed by atoms with van der Waals surface area (Å²) < 4.78 is 26.8. The zero-order valence-electron chi connectivity index (χ0n) is 11.2. The van der Waals surface area contributed by atoms with E-state index >= 15 is 0 Å². The standard InChI is InChI=1S/C12H20N2O2S2.ClH/c1-3-8-13-9-10-14-18(15,16)12-7-5-4-6-11(12)17-2;/h4-7,13-14H,3,8-10H2,1-2H3;1H. The smallest absolute Gasteiger partial charge is 0.241 e. The van der Waals surface area contributed by atoms with Crippen molar-refractivity contribution >= 4 is 34.2 Å². The molecule has 0 saturated heterocycles.